The van der Waals surface area contributed by atoms with Crippen LogP contribution in [0.5, 0.6) is 0 Å². The number of halogens is 1. The second-order valence-electron chi connectivity index (χ2n) is 3.13. The van der Waals surface area contributed by atoms with Crippen molar-refractivity contribution in [2.75, 3.05) is 21.3 Å². The Balaban J connectivity index is 3.27. The lowest BCUT2D eigenvalue weighted by Gasteiger charge is -2.25. The van der Waals surface area contributed by atoms with E-state index in [0.717, 1.165) is 5.56 Å². The number of hydrogen-bond donors (Lipinski definition) is 0. The molecule has 0 spiro atoms. The van der Waals surface area contributed by atoms with E-state index in [-0.39, 0.29) is 5.82 Å². The Bertz CT molecular complexity index is 331. The molecule has 84 valence electrons. The molecule has 1 rings (SSSR count). The van der Waals surface area contributed by atoms with Crippen LogP contribution in [0.4, 0.5) is 4.39 Å². The van der Waals surface area contributed by atoms with E-state index in [1.54, 1.807) is 6.07 Å². The first kappa shape index (κ1) is 12.3. The van der Waals surface area contributed by atoms with Crippen molar-refractivity contribution >= 4 is 14.0 Å². The molecular weight excluding hydrogens is 215 g/mol. The van der Waals surface area contributed by atoms with E-state index in [1.807, 2.05) is 6.92 Å². The van der Waals surface area contributed by atoms with Gasteiger partial charge in [-0.15, -0.1) is 0 Å². The van der Waals surface area contributed by atoms with Crippen LogP contribution in [0.25, 0.3) is 0 Å². The second-order valence-corrected chi connectivity index (χ2v) is 6.00. The highest BCUT2D eigenvalue weighted by atomic mass is 28.4. The molecule has 15 heavy (non-hydrogen) atoms. The third-order valence-corrected chi connectivity index (χ3v) is 5.15. The smallest absolute Gasteiger partial charge is 0.373 e. The van der Waals surface area contributed by atoms with E-state index in [1.165, 1.54) is 33.5 Å². The average molecular weight is 230 g/mol. The topological polar surface area (TPSA) is 27.7 Å². The van der Waals surface area contributed by atoms with Crippen LogP contribution in [0.2, 0.25) is 0 Å². The highest BCUT2D eigenvalue weighted by Gasteiger charge is 2.42. The summed E-state index contributed by atoms with van der Waals surface area (Å²) in [5.74, 6) is -0.321. The first-order chi connectivity index (χ1) is 7.09. The zero-order chi connectivity index (χ0) is 11.5. The van der Waals surface area contributed by atoms with E-state index in [4.69, 9.17) is 13.3 Å². The van der Waals surface area contributed by atoms with Crippen molar-refractivity contribution in [3.8, 4) is 0 Å². The fraction of sp³-hybridized carbons (Fsp3) is 0.400. The van der Waals surface area contributed by atoms with Gasteiger partial charge in [-0.2, -0.15) is 0 Å². The SMILES string of the molecule is CO[Si](OC)(OC)c1cc(F)ccc1C. The summed E-state index contributed by atoms with van der Waals surface area (Å²) in [5.41, 5.74) is 0.897. The molecule has 3 nitrogen and oxygen atoms in total. The van der Waals surface area contributed by atoms with Gasteiger partial charge in [-0.3, -0.25) is 0 Å². The molecule has 0 bridgehead atoms. The highest BCUT2D eigenvalue weighted by molar-refractivity contribution is 6.75. The van der Waals surface area contributed by atoms with Gasteiger partial charge in [-0.05, 0) is 24.6 Å². The Kier molecular flexibility index (Phi) is 3.98. The number of rotatable bonds is 4. The van der Waals surface area contributed by atoms with Gasteiger partial charge in [0.15, 0.2) is 0 Å². The molecule has 0 fully saturated rings. The average Bonchev–Trinajstić information content (AvgIpc) is 2.26. The van der Waals surface area contributed by atoms with Crippen molar-refractivity contribution in [2.45, 2.75) is 6.92 Å². The van der Waals surface area contributed by atoms with Crippen LogP contribution in [0.1, 0.15) is 5.56 Å². The normalized spacial score (nSPS) is 11.8. The molecule has 0 saturated carbocycles. The summed E-state index contributed by atoms with van der Waals surface area (Å²) in [6.07, 6.45) is 0. The lowest BCUT2D eigenvalue weighted by atomic mass is 10.2. The first-order valence-corrected chi connectivity index (χ1v) is 6.24. The molecule has 0 aliphatic carbocycles. The highest BCUT2D eigenvalue weighted by Crippen LogP contribution is 2.11. The van der Waals surface area contributed by atoms with Crippen LogP contribution >= 0.6 is 0 Å². The van der Waals surface area contributed by atoms with Gasteiger partial charge in [0.25, 0.3) is 0 Å². The van der Waals surface area contributed by atoms with E-state index in [2.05, 4.69) is 0 Å². The van der Waals surface area contributed by atoms with Crippen molar-refractivity contribution in [3.05, 3.63) is 29.6 Å². The van der Waals surface area contributed by atoms with Crippen LogP contribution < -0.4 is 5.19 Å². The van der Waals surface area contributed by atoms with Gasteiger partial charge in [-0.25, -0.2) is 4.39 Å². The molecule has 0 atom stereocenters. The quantitative estimate of drug-likeness (QED) is 0.728. The number of hydrogen-bond acceptors (Lipinski definition) is 3. The monoisotopic (exact) mass is 230 g/mol. The van der Waals surface area contributed by atoms with Gasteiger partial charge >= 0.3 is 8.80 Å². The minimum Gasteiger partial charge on any atom is -0.373 e. The summed E-state index contributed by atoms with van der Waals surface area (Å²) in [7, 11) is 1.60. The summed E-state index contributed by atoms with van der Waals surface area (Å²) >= 11 is 0. The predicted octanol–water partition coefficient (Wildman–Crippen LogP) is 1.22. The van der Waals surface area contributed by atoms with Gasteiger partial charge < -0.3 is 13.3 Å². The molecule has 0 heterocycles. The predicted molar refractivity (Wildman–Crippen MR) is 57.6 cm³/mol. The fourth-order valence-corrected chi connectivity index (χ4v) is 3.54. The second kappa shape index (κ2) is 4.85. The van der Waals surface area contributed by atoms with E-state index >= 15 is 0 Å². The molecule has 0 unspecified atom stereocenters. The van der Waals surface area contributed by atoms with E-state index < -0.39 is 8.80 Å². The van der Waals surface area contributed by atoms with Crippen molar-refractivity contribution in [1.82, 2.24) is 0 Å². The zero-order valence-electron chi connectivity index (χ0n) is 9.33. The Morgan fingerprint density at radius 1 is 1.07 bits per heavy atom. The molecule has 5 heteroatoms. The molecule has 0 aliphatic heterocycles. The maximum absolute atomic E-state index is 13.1. The Morgan fingerprint density at radius 3 is 2.07 bits per heavy atom. The van der Waals surface area contributed by atoms with E-state index in [0.29, 0.717) is 5.19 Å². The minimum atomic E-state index is -2.91. The fourth-order valence-electron chi connectivity index (χ4n) is 1.50. The van der Waals surface area contributed by atoms with Crippen LogP contribution in [-0.4, -0.2) is 30.1 Å². The first-order valence-electron chi connectivity index (χ1n) is 4.51. The van der Waals surface area contributed by atoms with Crippen LogP contribution in [0.15, 0.2) is 18.2 Å². The summed E-state index contributed by atoms with van der Waals surface area (Å²) in [5, 5.41) is 0.662. The summed E-state index contributed by atoms with van der Waals surface area (Å²) < 4.78 is 29.0. The van der Waals surface area contributed by atoms with Gasteiger partial charge in [0.05, 0.1) is 0 Å². The Labute approximate surface area is 90.1 Å². The van der Waals surface area contributed by atoms with Gasteiger partial charge in [0.1, 0.15) is 5.82 Å². The third kappa shape index (κ3) is 2.26. The molecule has 0 amide bonds. The zero-order valence-corrected chi connectivity index (χ0v) is 10.3. The maximum Gasteiger partial charge on any atom is 0.536 e. The lowest BCUT2D eigenvalue weighted by Crippen LogP contribution is -2.55. The molecule has 0 radical (unpaired) electrons. The van der Waals surface area contributed by atoms with Crippen LogP contribution in [-0.2, 0) is 13.3 Å². The van der Waals surface area contributed by atoms with Gasteiger partial charge in [-0.1, -0.05) is 6.07 Å². The minimum absolute atomic E-state index is 0.321. The van der Waals surface area contributed by atoms with Gasteiger partial charge in [0, 0.05) is 26.5 Å². The molecule has 0 N–H and O–H groups in total. The van der Waals surface area contributed by atoms with Crippen LogP contribution in [0, 0.1) is 12.7 Å². The molecular formula is C10H15FO3Si. The lowest BCUT2D eigenvalue weighted by molar-refractivity contribution is 0.140. The Hall–Kier alpha value is -0.753. The Morgan fingerprint density at radius 2 is 1.60 bits per heavy atom. The number of benzene rings is 1. The van der Waals surface area contributed by atoms with Gasteiger partial charge in [0.2, 0.25) is 0 Å². The summed E-state index contributed by atoms with van der Waals surface area (Å²) in [4.78, 5) is 0. The maximum atomic E-state index is 13.1. The standard InChI is InChI=1S/C10H15FO3Si/c1-8-5-6-9(11)7-10(8)15(12-2,13-3)14-4/h5-7H,1-4H3. The number of aryl methyl sites for hydroxylation is 1. The molecule has 1 aromatic rings. The van der Waals surface area contributed by atoms with E-state index in [9.17, 15) is 4.39 Å². The summed E-state index contributed by atoms with van der Waals surface area (Å²) in [6, 6.07) is 4.49. The van der Waals surface area contributed by atoms with Crippen molar-refractivity contribution in [3.63, 3.8) is 0 Å². The molecule has 0 aliphatic rings. The molecule has 0 aromatic heterocycles. The summed E-state index contributed by atoms with van der Waals surface area (Å²) in [6.45, 7) is 1.87. The largest absolute Gasteiger partial charge is 0.536 e. The third-order valence-electron chi connectivity index (χ3n) is 2.34. The van der Waals surface area contributed by atoms with Crippen molar-refractivity contribution < 1.29 is 17.7 Å². The van der Waals surface area contributed by atoms with Crippen LogP contribution in [0.3, 0.4) is 0 Å². The molecule has 1 aromatic carbocycles. The molecule has 0 saturated heterocycles. The van der Waals surface area contributed by atoms with Crippen molar-refractivity contribution in [2.24, 2.45) is 0 Å². The van der Waals surface area contributed by atoms with Crippen molar-refractivity contribution in [1.29, 1.82) is 0 Å².